The molecule has 1 amide bonds. The van der Waals surface area contributed by atoms with Gasteiger partial charge in [-0.2, -0.15) is 0 Å². The predicted molar refractivity (Wildman–Crippen MR) is 98.4 cm³/mol. The number of thioether (sulfide) groups is 1. The number of nitrogens with zero attached hydrogens (tertiary/aromatic N) is 2. The maximum absolute atomic E-state index is 12.9. The molecule has 0 radical (unpaired) electrons. The van der Waals surface area contributed by atoms with Gasteiger partial charge in [-0.3, -0.25) is 4.79 Å². The Morgan fingerprint density at radius 3 is 2.56 bits per heavy atom. The van der Waals surface area contributed by atoms with Crippen LogP contribution in [0.25, 0.3) is 0 Å². The van der Waals surface area contributed by atoms with Gasteiger partial charge in [-0.1, -0.05) is 17.8 Å². The largest absolute Gasteiger partial charge is 0.325 e. The molecule has 0 spiro atoms. The van der Waals surface area contributed by atoms with Gasteiger partial charge in [0.1, 0.15) is 15.9 Å². The number of carbonyl (C=O) groups is 1. The van der Waals surface area contributed by atoms with E-state index in [1.165, 1.54) is 35.7 Å². The van der Waals surface area contributed by atoms with Crippen molar-refractivity contribution in [1.82, 2.24) is 9.97 Å². The topological polar surface area (TPSA) is 54.9 Å². The molecule has 0 fully saturated rings. The number of aromatic nitrogens is 2. The van der Waals surface area contributed by atoms with E-state index in [0.717, 1.165) is 14.9 Å². The molecule has 0 atom stereocenters. The molecule has 25 heavy (non-hydrogen) atoms. The lowest BCUT2D eigenvalue weighted by Gasteiger charge is -2.07. The van der Waals surface area contributed by atoms with Crippen molar-refractivity contribution < 1.29 is 9.18 Å². The van der Waals surface area contributed by atoms with Gasteiger partial charge >= 0.3 is 0 Å². The fourth-order valence-electron chi connectivity index (χ4n) is 1.93. The molecule has 0 aliphatic carbocycles. The van der Waals surface area contributed by atoms with E-state index in [-0.39, 0.29) is 17.5 Å². The number of hydrogen-bond acceptors (Lipinski definition) is 5. The second-order valence-corrected chi connectivity index (χ2v) is 7.03. The van der Waals surface area contributed by atoms with Crippen molar-refractivity contribution in [2.24, 2.45) is 0 Å². The average molecular weight is 371 g/mol. The highest BCUT2D eigenvalue weighted by Crippen LogP contribution is 2.25. The zero-order valence-electron chi connectivity index (χ0n) is 13.1. The van der Waals surface area contributed by atoms with Crippen molar-refractivity contribution in [2.45, 2.75) is 14.9 Å². The van der Waals surface area contributed by atoms with Gasteiger partial charge in [-0.05, 0) is 48.5 Å². The van der Waals surface area contributed by atoms with Gasteiger partial charge in [0.05, 0.1) is 5.75 Å². The van der Waals surface area contributed by atoms with Gasteiger partial charge in [0.2, 0.25) is 5.91 Å². The molecule has 3 rings (SSSR count). The Kier molecular flexibility index (Phi) is 6.03. The summed E-state index contributed by atoms with van der Waals surface area (Å²) in [6, 6.07) is 15.3. The third-order valence-corrected chi connectivity index (χ3v) is 4.94. The van der Waals surface area contributed by atoms with Crippen LogP contribution in [0, 0.1) is 5.82 Å². The molecule has 0 saturated heterocycles. The molecule has 7 heteroatoms. The minimum Gasteiger partial charge on any atom is -0.325 e. The monoisotopic (exact) mass is 371 g/mol. The van der Waals surface area contributed by atoms with E-state index in [1.54, 1.807) is 36.7 Å². The van der Waals surface area contributed by atoms with E-state index in [2.05, 4.69) is 15.3 Å². The maximum Gasteiger partial charge on any atom is 0.234 e. The lowest BCUT2D eigenvalue weighted by atomic mass is 10.4. The number of halogens is 1. The van der Waals surface area contributed by atoms with Crippen molar-refractivity contribution in [1.29, 1.82) is 0 Å². The highest BCUT2D eigenvalue weighted by molar-refractivity contribution is 8.00. The Hall–Kier alpha value is -2.38. The molecule has 0 aliphatic heterocycles. The van der Waals surface area contributed by atoms with Gasteiger partial charge < -0.3 is 5.32 Å². The minimum absolute atomic E-state index is 0.130. The first-order valence-electron chi connectivity index (χ1n) is 7.42. The summed E-state index contributed by atoms with van der Waals surface area (Å²) in [4.78, 5) is 21.4. The number of nitrogens with one attached hydrogen (secondary N) is 1. The van der Waals surface area contributed by atoms with Gasteiger partial charge in [0.25, 0.3) is 0 Å². The van der Waals surface area contributed by atoms with Gasteiger partial charge in [-0.15, -0.1) is 11.8 Å². The molecule has 0 bridgehead atoms. The first-order valence-corrected chi connectivity index (χ1v) is 9.22. The number of hydrogen-bond donors (Lipinski definition) is 1. The second kappa shape index (κ2) is 8.64. The number of rotatable bonds is 6. The van der Waals surface area contributed by atoms with Crippen LogP contribution in [0.5, 0.6) is 0 Å². The molecular weight excluding hydrogens is 357 g/mol. The molecule has 2 heterocycles. The average Bonchev–Trinajstić information content (AvgIpc) is 2.62. The molecule has 0 saturated carbocycles. The van der Waals surface area contributed by atoms with Crippen LogP contribution >= 0.6 is 23.5 Å². The summed E-state index contributed by atoms with van der Waals surface area (Å²) in [5, 5.41) is 4.43. The number of benzene rings is 1. The summed E-state index contributed by atoms with van der Waals surface area (Å²) >= 11 is 2.78. The maximum atomic E-state index is 12.9. The van der Waals surface area contributed by atoms with Crippen molar-refractivity contribution in [2.75, 3.05) is 11.1 Å². The Morgan fingerprint density at radius 1 is 1.00 bits per heavy atom. The summed E-state index contributed by atoms with van der Waals surface area (Å²) < 4.78 is 12.9. The molecule has 126 valence electrons. The Labute approximate surface area is 153 Å². The zero-order valence-corrected chi connectivity index (χ0v) is 14.7. The van der Waals surface area contributed by atoms with Crippen LogP contribution in [0.4, 0.5) is 10.1 Å². The number of amides is 1. The van der Waals surface area contributed by atoms with Gasteiger partial charge in [0.15, 0.2) is 0 Å². The molecule has 3 aromatic rings. The molecule has 1 aromatic carbocycles. The van der Waals surface area contributed by atoms with Crippen molar-refractivity contribution in [3.8, 4) is 0 Å². The minimum atomic E-state index is -0.288. The second-order valence-electron chi connectivity index (χ2n) is 4.94. The van der Waals surface area contributed by atoms with Crippen LogP contribution in [-0.4, -0.2) is 21.6 Å². The van der Waals surface area contributed by atoms with Crippen LogP contribution in [-0.2, 0) is 4.79 Å². The third kappa shape index (κ3) is 5.58. The quantitative estimate of drug-likeness (QED) is 0.647. The summed E-state index contributed by atoms with van der Waals surface area (Å²) in [6.45, 7) is 0. The molecule has 4 nitrogen and oxygen atoms in total. The van der Waals surface area contributed by atoms with Crippen LogP contribution in [0.3, 0.4) is 0 Å². The number of carbonyl (C=O) groups excluding carboxylic acids is 1. The van der Waals surface area contributed by atoms with Gasteiger partial charge in [0, 0.05) is 23.0 Å². The van der Waals surface area contributed by atoms with Crippen LogP contribution in [0.15, 0.2) is 81.9 Å². The van der Waals surface area contributed by atoms with Crippen LogP contribution < -0.4 is 5.32 Å². The molecular formula is C18H14FN3OS2. The van der Waals surface area contributed by atoms with Crippen LogP contribution in [0.1, 0.15) is 0 Å². The van der Waals surface area contributed by atoms with E-state index in [9.17, 15) is 9.18 Å². The van der Waals surface area contributed by atoms with E-state index in [4.69, 9.17) is 0 Å². The standard InChI is InChI=1S/C18H14FN3OS2/c19-13-4-6-15(7-5-13)24-12-16(23)22-14-8-10-21-18(11-14)25-17-3-1-2-9-20-17/h1-11H,12H2,(H,21,22,23). The Bertz CT molecular complexity index is 844. The highest BCUT2D eigenvalue weighted by atomic mass is 32.2. The number of anilines is 1. The molecule has 0 aliphatic rings. The van der Waals surface area contributed by atoms with Gasteiger partial charge in [-0.25, -0.2) is 14.4 Å². The fourth-order valence-corrected chi connectivity index (χ4v) is 3.41. The van der Waals surface area contributed by atoms with Crippen molar-refractivity contribution in [3.63, 3.8) is 0 Å². The molecule has 1 N–H and O–H groups in total. The zero-order chi connectivity index (χ0) is 17.5. The lowest BCUT2D eigenvalue weighted by Crippen LogP contribution is -2.14. The summed E-state index contributed by atoms with van der Waals surface area (Å²) in [5.41, 5.74) is 0.679. The van der Waals surface area contributed by atoms with E-state index in [1.807, 2.05) is 18.2 Å². The first-order chi connectivity index (χ1) is 12.2. The highest BCUT2D eigenvalue weighted by Gasteiger charge is 2.06. The summed E-state index contributed by atoms with van der Waals surface area (Å²) in [7, 11) is 0. The molecule has 2 aromatic heterocycles. The normalized spacial score (nSPS) is 10.4. The third-order valence-electron chi connectivity index (χ3n) is 3.05. The number of pyridine rings is 2. The molecule has 0 unspecified atom stereocenters. The van der Waals surface area contributed by atoms with Crippen LogP contribution in [0.2, 0.25) is 0 Å². The lowest BCUT2D eigenvalue weighted by molar-refractivity contribution is -0.113. The Morgan fingerprint density at radius 2 is 1.80 bits per heavy atom. The fraction of sp³-hybridized carbons (Fsp3) is 0.0556. The predicted octanol–water partition coefficient (Wildman–Crippen LogP) is 4.50. The smallest absolute Gasteiger partial charge is 0.234 e. The van der Waals surface area contributed by atoms with Crippen molar-refractivity contribution in [3.05, 3.63) is 72.8 Å². The summed E-state index contributed by atoms with van der Waals surface area (Å²) in [5.74, 6) is -0.172. The SMILES string of the molecule is O=C(CSc1ccc(F)cc1)Nc1ccnc(Sc2ccccn2)c1. The Balaban J connectivity index is 1.56. The van der Waals surface area contributed by atoms with E-state index >= 15 is 0 Å². The first kappa shape index (κ1) is 17.4. The van der Waals surface area contributed by atoms with E-state index < -0.39 is 0 Å². The van der Waals surface area contributed by atoms with Crippen molar-refractivity contribution >= 4 is 35.1 Å². The summed E-state index contributed by atoms with van der Waals surface area (Å²) in [6.07, 6.45) is 3.37. The van der Waals surface area contributed by atoms with E-state index in [0.29, 0.717) is 5.69 Å².